The molecule has 0 aliphatic heterocycles. The van der Waals surface area contributed by atoms with Crippen LogP contribution in [0.15, 0.2) is 42.5 Å². The zero-order valence-corrected chi connectivity index (χ0v) is 16.1. The molecule has 0 aromatic heterocycles. The molecular formula is C17H19Cl3O2Si. The van der Waals surface area contributed by atoms with Gasteiger partial charge in [0.05, 0.1) is 6.61 Å². The van der Waals surface area contributed by atoms with Crippen LogP contribution in [0, 0.1) is 0 Å². The Hall–Kier alpha value is -0.873. The van der Waals surface area contributed by atoms with Crippen molar-refractivity contribution < 1.29 is 9.84 Å². The number of phenols is 1. The lowest BCUT2D eigenvalue weighted by atomic mass is 9.96. The van der Waals surface area contributed by atoms with Gasteiger partial charge in [0.15, 0.2) is 0 Å². The van der Waals surface area contributed by atoms with Gasteiger partial charge in [-0.15, -0.1) is 33.2 Å². The monoisotopic (exact) mass is 388 g/mol. The van der Waals surface area contributed by atoms with Crippen molar-refractivity contribution in [2.24, 2.45) is 0 Å². The summed E-state index contributed by atoms with van der Waals surface area (Å²) in [5, 5.41) is 9.77. The molecule has 0 atom stereocenters. The molecule has 0 aliphatic rings. The minimum atomic E-state index is -2.60. The van der Waals surface area contributed by atoms with E-state index in [4.69, 9.17) is 38.0 Å². The normalized spacial score (nSPS) is 11.5. The van der Waals surface area contributed by atoms with E-state index in [1.54, 1.807) is 12.1 Å². The third-order valence-corrected chi connectivity index (χ3v) is 6.09. The molecule has 124 valence electrons. The zero-order valence-electron chi connectivity index (χ0n) is 12.9. The lowest BCUT2D eigenvalue weighted by molar-refractivity contribution is 0.340. The van der Waals surface area contributed by atoms with E-state index in [9.17, 15) is 5.11 Å². The summed E-state index contributed by atoms with van der Waals surface area (Å²) in [6.07, 6.45) is 1.55. The van der Waals surface area contributed by atoms with Gasteiger partial charge >= 0.3 is 6.00 Å². The fourth-order valence-electron chi connectivity index (χ4n) is 2.45. The predicted octanol–water partition coefficient (Wildman–Crippen LogP) is 6.05. The van der Waals surface area contributed by atoms with Crippen molar-refractivity contribution in [1.82, 2.24) is 0 Å². The number of benzene rings is 2. The van der Waals surface area contributed by atoms with Gasteiger partial charge in [-0.25, -0.2) is 0 Å². The van der Waals surface area contributed by atoms with Crippen molar-refractivity contribution in [1.29, 1.82) is 0 Å². The molecule has 0 spiro atoms. The Morgan fingerprint density at radius 2 is 1.74 bits per heavy atom. The van der Waals surface area contributed by atoms with Gasteiger partial charge in [-0.3, -0.25) is 0 Å². The Bertz CT molecular complexity index is 639. The number of aryl methyl sites for hydroxylation is 1. The number of hydrogen-bond acceptors (Lipinski definition) is 2. The third-order valence-electron chi connectivity index (χ3n) is 3.47. The van der Waals surface area contributed by atoms with Crippen LogP contribution < -0.4 is 4.74 Å². The van der Waals surface area contributed by atoms with Gasteiger partial charge in [0.25, 0.3) is 0 Å². The number of hydrogen-bond donors (Lipinski definition) is 1. The van der Waals surface area contributed by atoms with Crippen molar-refractivity contribution in [2.45, 2.75) is 25.8 Å². The van der Waals surface area contributed by atoms with E-state index in [1.165, 1.54) is 0 Å². The second kappa shape index (κ2) is 8.29. The van der Waals surface area contributed by atoms with Crippen molar-refractivity contribution in [2.75, 3.05) is 6.61 Å². The van der Waals surface area contributed by atoms with Crippen LogP contribution in [0.5, 0.6) is 11.5 Å². The molecule has 6 heteroatoms. The van der Waals surface area contributed by atoms with Gasteiger partial charge in [-0.2, -0.15) is 0 Å². The van der Waals surface area contributed by atoms with E-state index in [-0.39, 0.29) is 5.75 Å². The highest BCUT2D eigenvalue weighted by Crippen LogP contribution is 2.32. The molecule has 23 heavy (non-hydrogen) atoms. The SMILES string of the molecule is CCOc1ccc(-c2ccc(O)cc2CCC[Si](Cl)(Cl)Cl)cc1. The molecule has 0 amide bonds. The predicted molar refractivity (Wildman–Crippen MR) is 101 cm³/mol. The van der Waals surface area contributed by atoms with Gasteiger partial charge in [-0.1, -0.05) is 18.2 Å². The molecule has 0 radical (unpaired) electrons. The summed E-state index contributed by atoms with van der Waals surface area (Å²) >= 11 is 17.8. The molecule has 0 saturated carbocycles. The average Bonchev–Trinajstić information content (AvgIpc) is 2.48. The maximum atomic E-state index is 9.77. The van der Waals surface area contributed by atoms with Crippen LogP contribution in [0.2, 0.25) is 6.04 Å². The van der Waals surface area contributed by atoms with E-state index < -0.39 is 6.00 Å². The summed E-state index contributed by atoms with van der Waals surface area (Å²) in [5.74, 6) is 1.10. The third kappa shape index (κ3) is 5.92. The molecule has 1 N–H and O–H groups in total. The Labute approximate surface area is 152 Å². The summed E-state index contributed by atoms with van der Waals surface area (Å²) in [4.78, 5) is 0. The molecule has 0 unspecified atom stereocenters. The van der Waals surface area contributed by atoms with Crippen LogP contribution in [0.25, 0.3) is 11.1 Å². The molecule has 0 heterocycles. The first-order chi connectivity index (χ1) is 10.9. The van der Waals surface area contributed by atoms with Crippen LogP contribution in [-0.2, 0) is 6.42 Å². The first-order valence-corrected chi connectivity index (χ1v) is 12.7. The van der Waals surface area contributed by atoms with Crippen LogP contribution in [0.1, 0.15) is 18.9 Å². The number of rotatable bonds is 7. The number of phenolic OH excluding ortho intramolecular Hbond substituents is 1. The molecular weight excluding hydrogens is 371 g/mol. The molecule has 2 nitrogen and oxygen atoms in total. The van der Waals surface area contributed by atoms with Gasteiger partial charge in [-0.05, 0) is 66.8 Å². The minimum absolute atomic E-state index is 0.251. The quantitative estimate of drug-likeness (QED) is 0.461. The summed E-state index contributed by atoms with van der Waals surface area (Å²) in [6.45, 7) is 2.60. The molecule has 0 aliphatic carbocycles. The maximum Gasteiger partial charge on any atom is 0.341 e. The second-order valence-corrected chi connectivity index (χ2v) is 14.5. The standard InChI is InChI=1S/C17H19Cl3O2Si/c1-2-22-16-8-5-13(6-9-16)17-10-7-15(21)12-14(17)4-3-11-23(18,19)20/h5-10,12,21H,2-4,11H2,1H3. The Kier molecular flexibility index (Phi) is 6.66. The fourth-order valence-corrected chi connectivity index (χ4v) is 4.23. The highest BCUT2D eigenvalue weighted by molar-refractivity contribution is 7.64. The van der Waals surface area contributed by atoms with Gasteiger partial charge in [0.1, 0.15) is 11.5 Å². The second-order valence-electron chi connectivity index (χ2n) is 5.27. The Morgan fingerprint density at radius 3 is 2.35 bits per heavy atom. The van der Waals surface area contributed by atoms with E-state index >= 15 is 0 Å². The smallest absolute Gasteiger partial charge is 0.341 e. The fraction of sp³-hybridized carbons (Fsp3) is 0.294. The topological polar surface area (TPSA) is 29.5 Å². The largest absolute Gasteiger partial charge is 0.508 e. The average molecular weight is 390 g/mol. The van der Waals surface area contributed by atoms with E-state index in [1.807, 2.05) is 37.3 Å². The molecule has 2 aromatic rings. The Balaban J connectivity index is 2.20. The van der Waals surface area contributed by atoms with Gasteiger partial charge in [0, 0.05) is 0 Å². The highest BCUT2D eigenvalue weighted by atomic mass is 35.8. The van der Waals surface area contributed by atoms with Crippen molar-refractivity contribution >= 4 is 39.2 Å². The summed E-state index contributed by atoms with van der Waals surface area (Å²) in [6, 6.07) is 11.3. The van der Waals surface area contributed by atoms with E-state index in [2.05, 4.69) is 0 Å². The molecule has 0 bridgehead atoms. The lowest BCUT2D eigenvalue weighted by Crippen LogP contribution is -2.08. The minimum Gasteiger partial charge on any atom is -0.508 e. The van der Waals surface area contributed by atoms with Crippen LogP contribution in [0.3, 0.4) is 0 Å². The lowest BCUT2D eigenvalue weighted by Gasteiger charge is -2.13. The molecule has 2 rings (SSSR count). The van der Waals surface area contributed by atoms with Crippen LogP contribution in [0.4, 0.5) is 0 Å². The Morgan fingerprint density at radius 1 is 1.04 bits per heavy atom. The summed E-state index contributed by atoms with van der Waals surface area (Å²) in [5.41, 5.74) is 3.21. The van der Waals surface area contributed by atoms with Crippen molar-refractivity contribution in [3.8, 4) is 22.6 Å². The van der Waals surface area contributed by atoms with Gasteiger partial charge in [0.2, 0.25) is 0 Å². The van der Waals surface area contributed by atoms with Crippen LogP contribution >= 0.6 is 33.2 Å². The van der Waals surface area contributed by atoms with Crippen LogP contribution in [-0.4, -0.2) is 17.7 Å². The highest BCUT2D eigenvalue weighted by Gasteiger charge is 2.24. The molecule has 2 aromatic carbocycles. The van der Waals surface area contributed by atoms with Gasteiger partial charge < -0.3 is 9.84 Å². The van der Waals surface area contributed by atoms with Crippen molar-refractivity contribution in [3.05, 3.63) is 48.0 Å². The molecule has 0 saturated heterocycles. The molecule has 0 fully saturated rings. The first kappa shape index (κ1) is 18.5. The van der Waals surface area contributed by atoms with E-state index in [0.29, 0.717) is 12.7 Å². The number of halogens is 3. The summed E-state index contributed by atoms with van der Waals surface area (Å²) < 4.78 is 5.47. The van der Waals surface area contributed by atoms with Crippen molar-refractivity contribution in [3.63, 3.8) is 0 Å². The van der Waals surface area contributed by atoms with E-state index in [0.717, 1.165) is 35.3 Å². The zero-order chi connectivity index (χ0) is 16.9. The first-order valence-electron chi connectivity index (χ1n) is 7.51. The number of aromatic hydroxyl groups is 1. The summed E-state index contributed by atoms with van der Waals surface area (Å²) in [7, 11) is 0. The number of ether oxygens (including phenoxy) is 1. The maximum absolute atomic E-state index is 9.77.